The molecule has 1 N–H and O–H groups in total. The lowest BCUT2D eigenvalue weighted by molar-refractivity contribution is -0.137. The molecule has 1 heterocycles. The van der Waals surface area contributed by atoms with Crippen LogP contribution in [0, 0.1) is 0 Å². The highest BCUT2D eigenvalue weighted by Crippen LogP contribution is 2.33. The molecule has 0 bridgehead atoms. The first-order chi connectivity index (χ1) is 7.97. The summed E-state index contributed by atoms with van der Waals surface area (Å²) in [5, 5.41) is 3.16. The van der Waals surface area contributed by atoms with E-state index in [-0.39, 0.29) is 0 Å². The van der Waals surface area contributed by atoms with Crippen molar-refractivity contribution in [1.29, 1.82) is 0 Å². The van der Waals surface area contributed by atoms with E-state index in [0.29, 0.717) is 16.3 Å². The van der Waals surface area contributed by atoms with Crippen molar-refractivity contribution in [3.05, 3.63) is 22.3 Å². The van der Waals surface area contributed by atoms with E-state index in [1.54, 1.807) is 0 Å². The molecule has 1 aliphatic carbocycles. The van der Waals surface area contributed by atoms with E-state index >= 15 is 0 Å². The van der Waals surface area contributed by atoms with Crippen LogP contribution < -0.4 is 5.32 Å². The highest BCUT2D eigenvalue weighted by Gasteiger charge is 2.31. The Kier molecular flexibility index (Phi) is 3.61. The fourth-order valence-corrected chi connectivity index (χ4v) is 2.43. The summed E-state index contributed by atoms with van der Waals surface area (Å²) in [6.45, 7) is 0. The van der Waals surface area contributed by atoms with Gasteiger partial charge in [-0.1, -0.05) is 12.8 Å². The Hall–Kier alpha value is -0.780. The lowest BCUT2D eigenvalue weighted by Gasteiger charge is -2.15. The first kappa shape index (κ1) is 12.7. The second-order valence-electron chi connectivity index (χ2n) is 4.18. The average molecular weight is 309 g/mol. The molecule has 1 aliphatic rings. The highest BCUT2D eigenvalue weighted by atomic mass is 79.9. The summed E-state index contributed by atoms with van der Waals surface area (Å²) < 4.78 is 37.6. The fraction of sp³-hybridized carbons (Fsp3) is 0.545. The lowest BCUT2D eigenvalue weighted by Crippen LogP contribution is -2.16. The van der Waals surface area contributed by atoms with Gasteiger partial charge in [-0.2, -0.15) is 13.2 Å². The van der Waals surface area contributed by atoms with Gasteiger partial charge in [-0.15, -0.1) is 0 Å². The Bertz CT molecular complexity index is 400. The molecule has 2 nitrogen and oxygen atoms in total. The van der Waals surface area contributed by atoms with Gasteiger partial charge in [-0.05, 0) is 34.8 Å². The van der Waals surface area contributed by atoms with Gasteiger partial charge in [-0.25, -0.2) is 4.98 Å². The van der Waals surface area contributed by atoms with Gasteiger partial charge in [-0.3, -0.25) is 0 Å². The molecule has 0 saturated heterocycles. The molecule has 0 amide bonds. The van der Waals surface area contributed by atoms with Crippen LogP contribution in [-0.4, -0.2) is 11.0 Å². The number of rotatable bonds is 2. The van der Waals surface area contributed by atoms with Crippen molar-refractivity contribution in [2.75, 3.05) is 5.32 Å². The molecule has 0 atom stereocenters. The first-order valence-corrected chi connectivity index (χ1v) is 6.25. The van der Waals surface area contributed by atoms with Crippen molar-refractivity contribution in [1.82, 2.24) is 4.98 Å². The molecule has 6 heteroatoms. The average Bonchev–Trinajstić information content (AvgIpc) is 2.72. The van der Waals surface area contributed by atoms with Gasteiger partial charge in [0.25, 0.3) is 0 Å². The van der Waals surface area contributed by atoms with Crippen LogP contribution in [0.3, 0.4) is 0 Å². The molecule has 1 aromatic rings. The molecule has 0 aromatic carbocycles. The summed E-state index contributed by atoms with van der Waals surface area (Å²) in [6, 6.07) is 1.39. The minimum Gasteiger partial charge on any atom is -0.366 e. The van der Waals surface area contributed by atoms with E-state index in [4.69, 9.17) is 0 Å². The predicted octanol–water partition coefficient (Wildman–Crippen LogP) is 4.22. The van der Waals surface area contributed by atoms with Gasteiger partial charge in [0, 0.05) is 12.2 Å². The number of halogens is 4. The summed E-state index contributed by atoms with van der Waals surface area (Å²) in [5.74, 6) is 0.491. The summed E-state index contributed by atoms with van der Waals surface area (Å²) in [7, 11) is 0. The molecule has 0 unspecified atom stereocenters. The smallest absolute Gasteiger partial charge is 0.366 e. The molecular formula is C11H12BrF3N2. The molecule has 0 aliphatic heterocycles. The van der Waals surface area contributed by atoms with Crippen LogP contribution >= 0.6 is 15.9 Å². The van der Waals surface area contributed by atoms with E-state index in [1.807, 2.05) is 0 Å². The molecule has 0 spiro atoms. The normalized spacial score (nSPS) is 17.4. The SMILES string of the molecule is FC(F)(F)c1cnc(NC2CCCC2)c(Br)c1. The summed E-state index contributed by atoms with van der Waals surface area (Å²) in [4.78, 5) is 3.83. The third-order valence-electron chi connectivity index (χ3n) is 2.86. The monoisotopic (exact) mass is 308 g/mol. The van der Waals surface area contributed by atoms with Crippen LogP contribution in [-0.2, 0) is 6.18 Å². The standard InChI is InChI=1S/C11H12BrF3N2/c12-9-5-7(11(13,14)15)6-16-10(9)17-8-3-1-2-4-8/h5-6,8H,1-4H2,(H,16,17). The van der Waals surface area contributed by atoms with Gasteiger partial charge in [0.05, 0.1) is 10.0 Å². The van der Waals surface area contributed by atoms with Crippen molar-refractivity contribution in [3.8, 4) is 0 Å². The van der Waals surface area contributed by atoms with Gasteiger partial charge in [0.15, 0.2) is 0 Å². The van der Waals surface area contributed by atoms with E-state index in [2.05, 4.69) is 26.2 Å². The van der Waals surface area contributed by atoms with E-state index < -0.39 is 11.7 Å². The van der Waals surface area contributed by atoms with Gasteiger partial charge >= 0.3 is 6.18 Å². The molecule has 0 radical (unpaired) electrons. The number of alkyl halides is 3. The third kappa shape index (κ3) is 3.12. The topological polar surface area (TPSA) is 24.9 Å². The van der Waals surface area contributed by atoms with Crippen LogP contribution in [0.4, 0.5) is 19.0 Å². The minimum absolute atomic E-state index is 0.329. The predicted molar refractivity (Wildman–Crippen MR) is 62.8 cm³/mol. The van der Waals surface area contributed by atoms with Crippen molar-refractivity contribution >= 4 is 21.7 Å². The molecular weight excluding hydrogens is 297 g/mol. The number of aromatic nitrogens is 1. The lowest BCUT2D eigenvalue weighted by atomic mass is 10.2. The van der Waals surface area contributed by atoms with Crippen LogP contribution in [0.2, 0.25) is 0 Å². The summed E-state index contributed by atoms with van der Waals surface area (Å²) in [5.41, 5.74) is -0.735. The summed E-state index contributed by atoms with van der Waals surface area (Å²) in [6.07, 6.45) is 0.944. The Morgan fingerprint density at radius 2 is 1.94 bits per heavy atom. The Labute approximate surface area is 106 Å². The van der Waals surface area contributed by atoms with Crippen molar-refractivity contribution < 1.29 is 13.2 Å². The van der Waals surface area contributed by atoms with Crippen molar-refractivity contribution in [2.24, 2.45) is 0 Å². The molecule has 1 aromatic heterocycles. The van der Waals surface area contributed by atoms with Crippen LogP contribution in [0.1, 0.15) is 31.2 Å². The van der Waals surface area contributed by atoms with Crippen LogP contribution in [0.5, 0.6) is 0 Å². The maximum absolute atomic E-state index is 12.4. The Morgan fingerprint density at radius 1 is 1.29 bits per heavy atom. The van der Waals surface area contributed by atoms with Crippen molar-refractivity contribution in [3.63, 3.8) is 0 Å². The quantitative estimate of drug-likeness (QED) is 0.885. The van der Waals surface area contributed by atoms with Crippen molar-refractivity contribution in [2.45, 2.75) is 37.9 Å². The first-order valence-electron chi connectivity index (χ1n) is 5.46. The number of hydrogen-bond donors (Lipinski definition) is 1. The molecule has 2 rings (SSSR count). The second kappa shape index (κ2) is 4.84. The van der Waals surface area contributed by atoms with Gasteiger partial charge < -0.3 is 5.32 Å². The molecule has 17 heavy (non-hydrogen) atoms. The maximum Gasteiger partial charge on any atom is 0.417 e. The van der Waals surface area contributed by atoms with Gasteiger partial charge in [0.2, 0.25) is 0 Å². The zero-order valence-electron chi connectivity index (χ0n) is 9.02. The van der Waals surface area contributed by atoms with Gasteiger partial charge in [0.1, 0.15) is 5.82 Å². The largest absolute Gasteiger partial charge is 0.417 e. The molecule has 1 fully saturated rings. The van der Waals surface area contributed by atoms with Crippen LogP contribution in [0.15, 0.2) is 16.7 Å². The zero-order chi connectivity index (χ0) is 12.5. The van der Waals surface area contributed by atoms with E-state index in [9.17, 15) is 13.2 Å². The number of nitrogens with zero attached hydrogens (tertiary/aromatic N) is 1. The maximum atomic E-state index is 12.4. The summed E-state index contributed by atoms with van der Waals surface area (Å²) >= 11 is 3.12. The fourth-order valence-electron chi connectivity index (χ4n) is 1.96. The van der Waals surface area contributed by atoms with Crippen LogP contribution in [0.25, 0.3) is 0 Å². The minimum atomic E-state index is -4.35. The molecule has 94 valence electrons. The van der Waals surface area contributed by atoms with E-state index in [1.165, 1.54) is 0 Å². The number of nitrogens with one attached hydrogen (secondary N) is 1. The number of anilines is 1. The molecule has 1 saturated carbocycles. The highest BCUT2D eigenvalue weighted by molar-refractivity contribution is 9.10. The number of pyridine rings is 1. The Balaban J connectivity index is 2.14. The number of hydrogen-bond acceptors (Lipinski definition) is 2. The second-order valence-corrected chi connectivity index (χ2v) is 5.03. The third-order valence-corrected chi connectivity index (χ3v) is 3.47. The zero-order valence-corrected chi connectivity index (χ0v) is 10.6. The Morgan fingerprint density at radius 3 is 2.47 bits per heavy atom. The van der Waals surface area contributed by atoms with E-state index in [0.717, 1.165) is 37.9 Å².